The fraction of sp³-hybridized carbons (Fsp3) is 0.286. The monoisotopic (exact) mass is 323 g/mol. The van der Waals surface area contributed by atoms with Crippen LogP contribution in [-0.2, 0) is 16.4 Å². The van der Waals surface area contributed by atoms with Crippen LogP contribution in [0.3, 0.4) is 0 Å². The van der Waals surface area contributed by atoms with Crippen LogP contribution in [0.25, 0.3) is 0 Å². The largest absolute Gasteiger partial charge is 0.428 e. The number of carbonyl (C=O) groups excluding carboxylic acids is 1. The molecule has 0 unspecified atom stereocenters. The van der Waals surface area contributed by atoms with Crippen molar-refractivity contribution >= 4 is 21.9 Å². The first-order valence-corrected chi connectivity index (χ1v) is 8.43. The Morgan fingerprint density at radius 1 is 1.23 bits per heavy atom. The van der Waals surface area contributed by atoms with Gasteiger partial charge in [-0.25, -0.2) is 13.2 Å². The number of sulfone groups is 1. The van der Waals surface area contributed by atoms with E-state index in [1.165, 1.54) is 12.1 Å². The standard InChI is InChI=1S/C14H17N3O4S/c1-9-10(2)21-14(16-9)17-13(18)15-8-11-4-6-12(7-5-11)22(3,19)20/h4-7H,8H2,1-3H3,(H2,15,16,17,18). The minimum atomic E-state index is -3.21. The Morgan fingerprint density at radius 2 is 1.86 bits per heavy atom. The number of nitrogens with zero attached hydrogens (tertiary/aromatic N) is 1. The summed E-state index contributed by atoms with van der Waals surface area (Å²) in [7, 11) is -3.21. The maximum absolute atomic E-state index is 11.7. The average Bonchev–Trinajstić information content (AvgIpc) is 2.74. The van der Waals surface area contributed by atoms with Crippen LogP contribution in [0.5, 0.6) is 0 Å². The van der Waals surface area contributed by atoms with E-state index in [-0.39, 0.29) is 17.5 Å². The van der Waals surface area contributed by atoms with Crippen LogP contribution in [0, 0.1) is 13.8 Å². The maximum Gasteiger partial charge on any atom is 0.323 e. The van der Waals surface area contributed by atoms with Gasteiger partial charge in [-0.2, -0.15) is 4.98 Å². The van der Waals surface area contributed by atoms with Gasteiger partial charge in [-0.1, -0.05) is 12.1 Å². The predicted molar refractivity (Wildman–Crippen MR) is 81.4 cm³/mol. The summed E-state index contributed by atoms with van der Waals surface area (Å²) in [5.74, 6) is 0.645. The number of amides is 2. The molecule has 1 aromatic heterocycles. The second kappa shape index (κ2) is 6.18. The molecule has 0 bridgehead atoms. The number of rotatable bonds is 4. The van der Waals surface area contributed by atoms with Crippen LogP contribution in [0.4, 0.5) is 10.8 Å². The fourth-order valence-electron chi connectivity index (χ4n) is 1.70. The summed E-state index contributed by atoms with van der Waals surface area (Å²) >= 11 is 0. The molecule has 7 nitrogen and oxygen atoms in total. The molecule has 0 atom stereocenters. The second-order valence-corrected chi connectivity index (χ2v) is 6.90. The molecule has 0 saturated carbocycles. The van der Waals surface area contributed by atoms with Crippen LogP contribution in [0.15, 0.2) is 33.6 Å². The van der Waals surface area contributed by atoms with E-state index in [1.807, 2.05) is 0 Å². The van der Waals surface area contributed by atoms with E-state index < -0.39 is 15.9 Å². The number of urea groups is 1. The normalized spacial score (nSPS) is 11.2. The van der Waals surface area contributed by atoms with Gasteiger partial charge in [-0.3, -0.25) is 5.32 Å². The van der Waals surface area contributed by atoms with Gasteiger partial charge in [0.05, 0.1) is 10.6 Å². The summed E-state index contributed by atoms with van der Waals surface area (Å²) in [6.45, 7) is 3.80. The van der Waals surface area contributed by atoms with Gasteiger partial charge in [-0.15, -0.1) is 0 Å². The van der Waals surface area contributed by atoms with Crippen molar-refractivity contribution < 1.29 is 17.6 Å². The first-order valence-electron chi connectivity index (χ1n) is 6.53. The SMILES string of the molecule is Cc1nc(NC(=O)NCc2ccc(S(C)(=O)=O)cc2)oc1C. The third kappa shape index (κ3) is 4.08. The molecule has 0 aliphatic carbocycles. The van der Waals surface area contributed by atoms with E-state index in [1.54, 1.807) is 26.0 Å². The number of hydrogen-bond acceptors (Lipinski definition) is 5. The van der Waals surface area contributed by atoms with Gasteiger partial charge in [-0.05, 0) is 31.5 Å². The van der Waals surface area contributed by atoms with Gasteiger partial charge in [0.15, 0.2) is 9.84 Å². The summed E-state index contributed by atoms with van der Waals surface area (Å²) in [5, 5.41) is 5.12. The molecular formula is C14H17N3O4S. The maximum atomic E-state index is 11.7. The molecule has 118 valence electrons. The molecule has 0 fully saturated rings. The molecule has 0 spiro atoms. The van der Waals surface area contributed by atoms with Crippen molar-refractivity contribution in [3.05, 3.63) is 41.3 Å². The predicted octanol–water partition coefficient (Wildman–Crippen LogP) is 2.02. The zero-order valence-electron chi connectivity index (χ0n) is 12.5. The van der Waals surface area contributed by atoms with Crippen molar-refractivity contribution in [2.45, 2.75) is 25.3 Å². The van der Waals surface area contributed by atoms with Crippen LogP contribution in [0.1, 0.15) is 17.0 Å². The molecule has 22 heavy (non-hydrogen) atoms. The Morgan fingerprint density at radius 3 is 2.36 bits per heavy atom. The number of benzene rings is 1. The van der Waals surface area contributed by atoms with E-state index in [9.17, 15) is 13.2 Å². The molecule has 2 amide bonds. The van der Waals surface area contributed by atoms with Crippen LogP contribution >= 0.6 is 0 Å². The Labute approximate surface area is 128 Å². The molecule has 0 aliphatic heterocycles. The first-order chi connectivity index (χ1) is 10.3. The number of carbonyl (C=O) groups is 1. The smallest absolute Gasteiger partial charge is 0.323 e. The lowest BCUT2D eigenvalue weighted by atomic mass is 10.2. The number of aromatic nitrogens is 1. The van der Waals surface area contributed by atoms with Gasteiger partial charge in [0.1, 0.15) is 5.76 Å². The van der Waals surface area contributed by atoms with E-state index in [0.29, 0.717) is 11.5 Å². The third-order valence-electron chi connectivity index (χ3n) is 3.05. The molecule has 8 heteroatoms. The van der Waals surface area contributed by atoms with Crippen LogP contribution in [-0.4, -0.2) is 25.7 Å². The van der Waals surface area contributed by atoms with Crippen molar-refractivity contribution in [1.82, 2.24) is 10.3 Å². The molecule has 0 radical (unpaired) electrons. The molecule has 2 aromatic rings. The molecular weight excluding hydrogens is 306 g/mol. The number of nitrogens with one attached hydrogen (secondary N) is 2. The minimum absolute atomic E-state index is 0.139. The molecule has 0 saturated heterocycles. The Balaban J connectivity index is 1.91. The quantitative estimate of drug-likeness (QED) is 0.896. The highest BCUT2D eigenvalue weighted by molar-refractivity contribution is 7.90. The molecule has 2 N–H and O–H groups in total. The van der Waals surface area contributed by atoms with Crippen molar-refractivity contribution in [3.63, 3.8) is 0 Å². The topological polar surface area (TPSA) is 101 Å². The zero-order chi connectivity index (χ0) is 16.3. The second-order valence-electron chi connectivity index (χ2n) is 4.88. The van der Waals surface area contributed by atoms with Crippen molar-refractivity contribution in [2.24, 2.45) is 0 Å². The first kappa shape index (κ1) is 16.0. The van der Waals surface area contributed by atoms with Gasteiger partial charge in [0, 0.05) is 12.8 Å². The highest BCUT2D eigenvalue weighted by atomic mass is 32.2. The molecule has 2 rings (SSSR count). The number of anilines is 1. The number of hydrogen-bond donors (Lipinski definition) is 2. The molecule has 1 heterocycles. The molecule has 0 aliphatic rings. The summed E-state index contributed by atoms with van der Waals surface area (Å²) in [5.41, 5.74) is 1.49. The number of oxazole rings is 1. The summed E-state index contributed by atoms with van der Waals surface area (Å²) < 4.78 is 27.9. The van der Waals surface area contributed by atoms with Gasteiger partial charge in [0.25, 0.3) is 0 Å². The van der Waals surface area contributed by atoms with Gasteiger partial charge >= 0.3 is 12.0 Å². The lowest BCUT2D eigenvalue weighted by Crippen LogP contribution is -2.28. The van der Waals surface area contributed by atoms with Crippen LogP contribution in [0.2, 0.25) is 0 Å². The highest BCUT2D eigenvalue weighted by Crippen LogP contribution is 2.13. The summed E-state index contributed by atoms with van der Waals surface area (Å²) in [4.78, 5) is 16.0. The van der Waals surface area contributed by atoms with E-state index in [4.69, 9.17) is 4.42 Å². The summed E-state index contributed by atoms with van der Waals surface area (Å²) in [6, 6.07) is 6.00. The van der Waals surface area contributed by atoms with Gasteiger partial charge in [0.2, 0.25) is 0 Å². The van der Waals surface area contributed by atoms with E-state index in [0.717, 1.165) is 11.8 Å². The molecule has 1 aromatic carbocycles. The highest BCUT2D eigenvalue weighted by Gasteiger charge is 2.10. The fourth-order valence-corrected chi connectivity index (χ4v) is 2.33. The number of aryl methyl sites for hydroxylation is 2. The van der Waals surface area contributed by atoms with E-state index in [2.05, 4.69) is 15.6 Å². The summed E-state index contributed by atoms with van der Waals surface area (Å²) in [6.07, 6.45) is 1.15. The lowest BCUT2D eigenvalue weighted by molar-refractivity contribution is 0.251. The van der Waals surface area contributed by atoms with Crippen LogP contribution < -0.4 is 10.6 Å². The van der Waals surface area contributed by atoms with Crippen molar-refractivity contribution in [1.29, 1.82) is 0 Å². The Bertz CT molecular complexity index is 759. The minimum Gasteiger partial charge on any atom is -0.428 e. The van der Waals surface area contributed by atoms with Gasteiger partial charge < -0.3 is 9.73 Å². The zero-order valence-corrected chi connectivity index (χ0v) is 13.3. The Kier molecular flexibility index (Phi) is 4.51. The van der Waals surface area contributed by atoms with Crippen molar-refractivity contribution in [2.75, 3.05) is 11.6 Å². The third-order valence-corrected chi connectivity index (χ3v) is 4.18. The average molecular weight is 323 g/mol. The van der Waals surface area contributed by atoms with E-state index >= 15 is 0 Å². The Hall–Kier alpha value is -2.35. The van der Waals surface area contributed by atoms with Crippen molar-refractivity contribution in [3.8, 4) is 0 Å². The lowest BCUT2D eigenvalue weighted by Gasteiger charge is -2.06.